The number of hydrogen-bond acceptors (Lipinski definition) is 3. The first kappa shape index (κ1) is 18.2. The predicted octanol–water partition coefficient (Wildman–Crippen LogP) is 1.19. The summed E-state index contributed by atoms with van der Waals surface area (Å²) in [6.45, 7) is 5.47. The fraction of sp³-hybridized carbons (Fsp3) is 0.312. The van der Waals surface area contributed by atoms with E-state index < -0.39 is 30.0 Å². The fourth-order valence-corrected chi connectivity index (χ4v) is 1.97. The number of carbonyl (C=O) groups is 3. The van der Waals surface area contributed by atoms with Crippen molar-refractivity contribution < 1.29 is 19.5 Å². The maximum Gasteiger partial charge on any atom is 0.405 e. The molecule has 0 spiro atoms. The molecule has 0 radical (unpaired) electrons. The van der Waals surface area contributed by atoms with E-state index in [1.165, 1.54) is 6.08 Å². The van der Waals surface area contributed by atoms with Gasteiger partial charge in [0.15, 0.2) is 0 Å². The Bertz CT molecular complexity index is 560. The van der Waals surface area contributed by atoms with Gasteiger partial charge >= 0.3 is 6.09 Å². The van der Waals surface area contributed by atoms with E-state index in [-0.39, 0.29) is 13.0 Å². The first-order valence-corrected chi connectivity index (χ1v) is 7.23. The van der Waals surface area contributed by atoms with Crippen LogP contribution in [0.1, 0.15) is 24.9 Å². The zero-order valence-electron chi connectivity index (χ0n) is 12.9. The molecule has 7 heteroatoms. The van der Waals surface area contributed by atoms with Crippen LogP contribution in [0.25, 0.3) is 0 Å². The standard InChI is InChI=1S/C16H21N3O4/c1-3-10-17-15(21)13(11-8-6-5-7-9-11)19-14(20)12(4-2)18-16(22)23/h3,5-9,12-13,18H,1,4,10H2,2H3,(H,17,21)(H,19,20)(H,22,23)/t12?,13-/m1/s1. The molecule has 0 heterocycles. The number of carboxylic acid groups (broad SMARTS) is 1. The fourth-order valence-electron chi connectivity index (χ4n) is 1.97. The molecule has 4 N–H and O–H groups in total. The minimum Gasteiger partial charge on any atom is -0.465 e. The summed E-state index contributed by atoms with van der Waals surface area (Å²) >= 11 is 0. The molecule has 0 aliphatic rings. The highest BCUT2D eigenvalue weighted by Gasteiger charge is 2.26. The van der Waals surface area contributed by atoms with Crippen LogP contribution in [0.5, 0.6) is 0 Å². The highest BCUT2D eigenvalue weighted by atomic mass is 16.4. The Kier molecular flexibility index (Phi) is 7.32. The van der Waals surface area contributed by atoms with Gasteiger partial charge in [-0.3, -0.25) is 9.59 Å². The molecular weight excluding hydrogens is 298 g/mol. The minimum atomic E-state index is -1.29. The molecule has 23 heavy (non-hydrogen) atoms. The summed E-state index contributed by atoms with van der Waals surface area (Å²) in [7, 11) is 0. The molecule has 1 aromatic rings. The average Bonchev–Trinajstić information content (AvgIpc) is 2.55. The van der Waals surface area contributed by atoms with Crippen molar-refractivity contribution in [1.82, 2.24) is 16.0 Å². The molecule has 0 fully saturated rings. The summed E-state index contributed by atoms with van der Waals surface area (Å²) in [5.41, 5.74) is 0.604. The van der Waals surface area contributed by atoms with Crippen molar-refractivity contribution in [2.24, 2.45) is 0 Å². The van der Waals surface area contributed by atoms with Crippen LogP contribution in [0, 0.1) is 0 Å². The monoisotopic (exact) mass is 319 g/mol. The maximum atomic E-state index is 12.3. The number of hydrogen-bond donors (Lipinski definition) is 4. The topological polar surface area (TPSA) is 108 Å². The second-order valence-electron chi connectivity index (χ2n) is 4.80. The Hall–Kier alpha value is -2.83. The predicted molar refractivity (Wildman–Crippen MR) is 85.8 cm³/mol. The van der Waals surface area contributed by atoms with Crippen LogP contribution >= 0.6 is 0 Å². The molecule has 0 aliphatic heterocycles. The van der Waals surface area contributed by atoms with Gasteiger partial charge in [0, 0.05) is 6.54 Å². The second-order valence-corrected chi connectivity index (χ2v) is 4.80. The minimum absolute atomic E-state index is 0.266. The van der Waals surface area contributed by atoms with Crippen LogP contribution in [-0.2, 0) is 9.59 Å². The Morgan fingerprint density at radius 1 is 1.17 bits per heavy atom. The number of amides is 3. The van der Waals surface area contributed by atoms with Crippen molar-refractivity contribution in [3.05, 3.63) is 48.6 Å². The third-order valence-corrected chi connectivity index (χ3v) is 3.12. The van der Waals surface area contributed by atoms with E-state index in [1.807, 2.05) is 0 Å². The van der Waals surface area contributed by atoms with E-state index in [9.17, 15) is 14.4 Å². The second kappa shape index (κ2) is 9.24. The van der Waals surface area contributed by atoms with Crippen molar-refractivity contribution in [3.63, 3.8) is 0 Å². The van der Waals surface area contributed by atoms with E-state index in [0.29, 0.717) is 5.56 Å². The molecule has 0 aliphatic carbocycles. The van der Waals surface area contributed by atoms with Gasteiger partial charge in [-0.25, -0.2) is 4.79 Å². The number of nitrogens with one attached hydrogen (secondary N) is 3. The van der Waals surface area contributed by atoms with E-state index in [2.05, 4.69) is 22.5 Å². The van der Waals surface area contributed by atoms with Crippen LogP contribution in [0.2, 0.25) is 0 Å². The maximum absolute atomic E-state index is 12.3. The molecular formula is C16H21N3O4. The molecule has 0 saturated heterocycles. The van der Waals surface area contributed by atoms with Crippen molar-refractivity contribution in [2.45, 2.75) is 25.4 Å². The lowest BCUT2D eigenvalue weighted by molar-refractivity contribution is -0.130. The molecule has 7 nitrogen and oxygen atoms in total. The third kappa shape index (κ3) is 5.82. The summed E-state index contributed by atoms with van der Waals surface area (Å²) < 4.78 is 0. The molecule has 1 rings (SSSR count). The Labute approximate surface area is 134 Å². The van der Waals surface area contributed by atoms with Gasteiger partial charge in [-0.2, -0.15) is 0 Å². The molecule has 2 atom stereocenters. The van der Waals surface area contributed by atoms with Crippen LogP contribution in [0.15, 0.2) is 43.0 Å². The first-order valence-electron chi connectivity index (χ1n) is 7.23. The quantitative estimate of drug-likeness (QED) is 0.540. The average molecular weight is 319 g/mol. The summed E-state index contributed by atoms with van der Waals surface area (Å²) in [6.07, 6.45) is 0.510. The Morgan fingerprint density at radius 3 is 2.35 bits per heavy atom. The third-order valence-electron chi connectivity index (χ3n) is 3.12. The van der Waals surface area contributed by atoms with Gasteiger partial charge in [0.05, 0.1) is 0 Å². The summed E-state index contributed by atoms with van der Waals surface area (Å²) in [5.74, 6) is -0.952. The SMILES string of the molecule is C=CCNC(=O)[C@H](NC(=O)C(CC)NC(=O)O)c1ccccc1. The lowest BCUT2D eigenvalue weighted by Crippen LogP contribution is -2.49. The van der Waals surface area contributed by atoms with Gasteiger partial charge in [-0.1, -0.05) is 43.3 Å². The lowest BCUT2D eigenvalue weighted by Gasteiger charge is -2.22. The van der Waals surface area contributed by atoms with E-state index in [1.54, 1.807) is 37.3 Å². The molecule has 124 valence electrons. The Morgan fingerprint density at radius 2 is 1.83 bits per heavy atom. The summed E-state index contributed by atoms with van der Waals surface area (Å²) in [6, 6.07) is 6.89. The van der Waals surface area contributed by atoms with Crippen LogP contribution in [0.4, 0.5) is 4.79 Å². The summed E-state index contributed by atoms with van der Waals surface area (Å²) in [4.78, 5) is 35.2. The largest absolute Gasteiger partial charge is 0.465 e. The number of benzene rings is 1. The molecule has 1 unspecified atom stereocenters. The Balaban J connectivity index is 2.92. The van der Waals surface area contributed by atoms with Gasteiger partial charge in [-0.05, 0) is 12.0 Å². The van der Waals surface area contributed by atoms with Crippen LogP contribution < -0.4 is 16.0 Å². The van der Waals surface area contributed by atoms with Gasteiger partial charge in [0.1, 0.15) is 12.1 Å². The zero-order valence-corrected chi connectivity index (χ0v) is 12.9. The van der Waals surface area contributed by atoms with Crippen molar-refractivity contribution in [2.75, 3.05) is 6.54 Å². The normalized spacial score (nSPS) is 12.6. The molecule has 0 saturated carbocycles. The van der Waals surface area contributed by atoms with Gasteiger partial charge < -0.3 is 21.1 Å². The molecule has 0 aromatic heterocycles. The van der Waals surface area contributed by atoms with Gasteiger partial charge in [0.2, 0.25) is 11.8 Å². The van der Waals surface area contributed by atoms with E-state index in [4.69, 9.17) is 5.11 Å². The van der Waals surface area contributed by atoms with Crippen LogP contribution in [0.3, 0.4) is 0 Å². The highest BCUT2D eigenvalue weighted by Crippen LogP contribution is 2.13. The van der Waals surface area contributed by atoms with Crippen molar-refractivity contribution >= 4 is 17.9 Å². The zero-order chi connectivity index (χ0) is 17.2. The summed E-state index contributed by atoms with van der Waals surface area (Å²) in [5, 5.41) is 16.1. The smallest absolute Gasteiger partial charge is 0.405 e. The van der Waals surface area contributed by atoms with E-state index in [0.717, 1.165) is 0 Å². The lowest BCUT2D eigenvalue weighted by atomic mass is 10.1. The molecule has 3 amide bonds. The molecule has 1 aromatic carbocycles. The highest BCUT2D eigenvalue weighted by molar-refractivity contribution is 5.91. The van der Waals surface area contributed by atoms with Crippen molar-refractivity contribution in [1.29, 1.82) is 0 Å². The molecule has 0 bridgehead atoms. The number of carbonyl (C=O) groups excluding carboxylic acids is 2. The van der Waals surface area contributed by atoms with E-state index >= 15 is 0 Å². The first-order chi connectivity index (χ1) is 11.0. The van der Waals surface area contributed by atoms with Gasteiger partial charge in [-0.15, -0.1) is 6.58 Å². The number of rotatable bonds is 8. The van der Waals surface area contributed by atoms with Crippen LogP contribution in [-0.4, -0.2) is 35.6 Å². The van der Waals surface area contributed by atoms with Crippen molar-refractivity contribution in [3.8, 4) is 0 Å². The van der Waals surface area contributed by atoms with Gasteiger partial charge in [0.25, 0.3) is 0 Å².